The van der Waals surface area contributed by atoms with Crippen molar-refractivity contribution in [1.29, 1.82) is 0 Å². The molecule has 0 spiro atoms. The summed E-state index contributed by atoms with van der Waals surface area (Å²) in [5, 5.41) is 4.78. The number of thiophene rings is 1. The largest absolute Gasteiger partial charge is 0.456 e. The third-order valence-electron chi connectivity index (χ3n) is 3.20. The number of carbonyl (C=O) groups excluding carboxylic acids is 2. The third kappa shape index (κ3) is 5.33. The molecule has 4 nitrogen and oxygen atoms in total. The van der Waals surface area contributed by atoms with E-state index >= 15 is 0 Å². The highest BCUT2D eigenvalue weighted by atomic mass is 32.1. The lowest BCUT2D eigenvalue weighted by atomic mass is 10.1. The van der Waals surface area contributed by atoms with Crippen LogP contribution < -0.4 is 5.32 Å². The molecule has 0 aliphatic rings. The first-order chi connectivity index (χ1) is 10.6. The van der Waals surface area contributed by atoms with E-state index in [0.717, 1.165) is 10.4 Å². The molecule has 116 valence electrons. The van der Waals surface area contributed by atoms with Gasteiger partial charge in [-0.2, -0.15) is 0 Å². The van der Waals surface area contributed by atoms with Gasteiger partial charge in [0.15, 0.2) is 6.61 Å². The van der Waals surface area contributed by atoms with Crippen molar-refractivity contribution in [2.75, 3.05) is 6.61 Å². The van der Waals surface area contributed by atoms with Crippen molar-refractivity contribution in [1.82, 2.24) is 5.32 Å². The Morgan fingerprint density at radius 3 is 2.64 bits per heavy atom. The van der Waals surface area contributed by atoms with Crippen LogP contribution in [0.4, 0.5) is 0 Å². The average Bonchev–Trinajstić information content (AvgIpc) is 3.05. The summed E-state index contributed by atoms with van der Waals surface area (Å²) in [5.41, 5.74) is 1.01. The van der Waals surface area contributed by atoms with Gasteiger partial charge in [0.2, 0.25) is 0 Å². The molecular formula is C17H19NO3S. The van der Waals surface area contributed by atoms with Crippen LogP contribution in [0.5, 0.6) is 0 Å². The van der Waals surface area contributed by atoms with Gasteiger partial charge >= 0.3 is 5.97 Å². The maximum absolute atomic E-state index is 11.8. The van der Waals surface area contributed by atoms with Gasteiger partial charge in [0.25, 0.3) is 5.91 Å². The summed E-state index contributed by atoms with van der Waals surface area (Å²) in [6.07, 6.45) is 0.945. The summed E-state index contributed by atoms with van der Waals surface area (Å²) >= 11 is 1.61. The average molecular weight is 317 g/mol. The number of amides is 1. The van der Waals surface area contributed by atoms with Gasteiger partial charge in [-0.1, -0.05) is 36.4 Å². The smallest absolute Gasteiger partial charge is 0.306 e. The molecule has 0 aliphatic carbocycles. The maximum atomic E-state index is 11.8. The number of hydrogen-bond acceptors (Lipinski definition) is 4. The van der Waals surface area contributed by atoms with Crippen molar-refractivity contribution in [3.05, 3.63) is 58.3 Å². The van der Waals surface area contributed by atoms with E-state index in [2.05, 4.69) is 5.32 Å². The van der Waals surface area contributed by atoms with Gasteiger partial charge < -0.3 is 10.1 Å². The first-order valence-corrected chi connectivity index (χ1v) is 8.05. The number of aryl methyl sites for hydroxylation is 1. The normalized spacial score (nSPS) is 11.7. The number of rotatable bonds is 7. The number of carbonyl (C=O) groups is 2. The molecule has 1 aromatic carbocycles. The first kappa shape index (κ1) is 16.2. The van der Waals surface area contributed by atoms with Crippen LogP contribution >= 0.6 is 11.3 Å². The van der Waals surface area contributed by atoms with Crippen molar-refractivity contribution < 1.29 is 14.3 Å². The zero-order chi connectivity index (χ0) is 15.8. The Kier molecular flexibility index (Phi) is 6.15. The molecular weight excluding hydrogens is 298 g/mol. The van der Waals surface area contributed by atoms with Gasteiger partial charge in [-0.25, -0.2) is 0 Å². The van der Waals surface area contributed by atoms with E-state index in [1.165, 1.54) is 0 Å². The van der Waals surface area contributed by atoms with Crippen LogP contribution in [0.3, 0.4) is 0 Å². The number of nitrogens with one attached hydrogen (secondary N) is 1. The Balaban J connectivity index is 1.67. The predicted molar refractivity (Wildman–Crippen MR) is 86.6 cm³/mol. The van der Waals surface area contributed by atoms with Crippen LogP contribution in [0.25, 0.3) is 0 Å². The Morgan fingerprint density at radius 2 is 1.95 bits per heavy atom. The summed E-state index contributed by atoms with van der Waals surface area (Å²) < 4.78 is 4.99. The molecule has 0 saturated heterocycles. The van der Waals surface area contributed by atoms with Gasteiger partial charge in [-0.05, 0) is 30.4 Å². The molecule has 1 aromatic heterocycles. The molecule has 0 bridgehead atoms. The Bertz CT molecular complexity index is 596. The highest BCUT2D eigenvalue weighted by Crippen LogP contribution is 2.12. The molecule has 5 heteroatoms. The Labute approximate surface area is 134 Å². The summed E-state index contributed by atoms with van der Waals surface area (Å²) in [6.45, 7) is 1.66. The van der Waals surface area contributed by atoms with Gasteiger partial charge in [0.05, 0.1) is 12.5 Å². The lowest BCUT2D eigenvalue weighted by Crippen LogP contribution is -2.31. The monoisotopic (exact) mass is 317 g/mol. The lowest BCUT2D eigenvalue weighted by Gasteiger charge is -2.14. The molecule has 22 heavy (non-hydrogen) atoms. The van der Waals surface area contributed by atoms with E-state index in [4.69, 9.17) is 4.74 Å². The minimum absolute atomic E-state index is 0.112. The van der Waals surface area contributed by atoms with E-state index in [1.807, 2.05) is 54.8 Å². The summed E-state index contributed by atoms with van der Waals surface area (Å²) in [6, 6.07) is 13.5. The first-order valence-electron chi connectivity index (χ1n) is 7.17. The highest BCUT2D eigenvalue weighted by Gasteiger charge is 2.11. The molecule has 2 aromatic rings. The van der Waals surface area contributed by atoms with Crippen molar-refractivity contribution in [3.8, 4) is 0 Å². The number of benzene rings is 1. The van der Waals surface area contributed by atoms with Crippen molar-refractivity contribution in [2.45, 2.75) is 25.8 Å². The molecule has 2 rings (SSSR count). The second kappa shape index (κ2) is 8.34. The van der Waals surface area contributed by atoms with Crippen molar-refractivity contribution in [3.63, 3.8) is 0 Å². The molecule has 1 atom stereocenters. The summed E-state index contributed by atoms with van der Waals surface area (Å²) in [4.78, 5) is 24.5. The van der Waals surface area contributed by atoms with Gasteiger partial charge in [-0.3, -0.25) is 9.59 Å². The summed E-state index contributed by atoms with van der Waals surface area (Å²) in [7, 11) is 0. The molecule has 0 unspecified atom stereocenters. The quantitative estimate of drug-likeness (QED) is 0.798. The predicted octanol–water partition coefficient (Wildman–Crippen LogP) is 3.10. The number of ether oxygens (including phenoxy) is 1. The molecule has 0 aliphatic heterocycles. The topological polar surface area (TPSA) is 55.4 Å². The molecule has 0 fully saturated rings. The Morgan fingerprint density at radius 1 is 1.18 bits per heavy atom. The molecule has 0 radical (unpaired) electrons. The zero-order valence-electron chi connectivity index (χ0n) is 12.5. The fourth-order valence-corrected chi connectivity index (χ4v) is 2.72. The van der Waals surface area contributed by atoms with Crippen LogP contribution in [0.2, 0.25) is 0 Å². The fraction of sp³-hybridized carbons (Fsp3) is 0.294. The number of hydrogen-bond donors (Lipinski definition) is 1. The molecule has 1 N–H and O–H groups in total. The van der Waals surface area contributed by atoms with Gasteiger partial charge in [-0.15, -0.1) is 11.3 Å². The second-order valence-electron chi connectivity index (χ2n) is 4.94. The van der Waals surface area contributed by atoms with E-state index in [1.54, 1.807) is 11.3 Å². The number of esters is 1. The minimum atomic E-state index is -0.351. The van der Waals surface area contributed by atoms with E-state index in [9.17, 15) is 9.59 Å². The van der Waals surface area contributed by atoms with Crippen molar-refractivity contribution in [2.24, 2.45) is 0 Å². The van der Waals surface area contributed by atoms with Crippen LogP contribution in [0.15, 0.2) is 47.8 Å². The van der Waals surface area contributed by atoms with Crippen LogP contribution in [-0.2, 0) is 20.7 Å². The van der Waals surface area contributed by atoms with E-state index in [0.29, 0.717) is 12.8 Å². The van der Waals surface area contributed by atoms with E-state index < -0.39 is 0 Å². The third-order valence-corrected chi connectivity index (χ3v) is 4.13. The highest BCUT2D eigenvalue weighted by molar-refractivity contribution is 7.09. The molecule has 1 heterocycles. The second-order valence-corrected chi connectivity index (χ2v) is 5.97. The Hall–Kier alpha value is -2.14. The van der Waals surface area contributed by atoms with Crippen LogP contribution in [0, 0.1) is 0 Å². The molecule has 0 saturated carbocycles. The van der Waals surface area contributed by atoms with Crippen LogP contribution in [-0.4, -0.2) is 18.5 Å². The van der Waals surface area contributed by atoms with E-state index in [-0.39, 0.29) is 24.5 Å². The maximum Gasteiger partial charge on any atom is 0.306 e. The molecule has 1 amide bonds. The van der Waals surface area contributed by atoms with Crippen LogP contribution in [0.1, 0.15) is 29.8 Å². The SMILES string of the molecule is C[C@@H](NC(=O)COC(=O)CCc1cccs1)c1ccccc1. The van der Waals surface area contributed by atoms with Crippen molar-refractivity contribution >= 4 is 23.2 Å². The lowest BCUT2D eigenvalue weighted by molar-refractivity contribution is -0.148. The van der Waals surface area contributed by atoms with Gasteiger partial charge in [0.1, 0.15) is 0 Å². The summed E-state index contributed by atoms with van der Waals surface area (Å²) in [5.74, 6) is -0.642. The zero-order valence-corrected chi connectivity index (χ0v) is 13.3. The fourth-order valence-electron chi connectivity index (χ4n) is 2.01. The standard InChI is InChI=1S/C17H19NO3S/c1-13(14-6-3-2-4-7-14)18-16(19)12-21-17(20)10-9-15-8-5-11-22-15/h2-8,11,13H,9-10,12H2,1H3,(H,18,19)/t13-/m1/s1. The minimum Gasteiger partial charge on any atom is -0.456 e. The van der Waals surface area contributed by atoms with Gasteiger partial charge in [0, 0.05) is 4.88 Å².